The van der Waals surface area contributed by atoms with Gasteiger partial charge in [-0.2, -0.15) is 0 Å². The molecule has 0 radical (unpaired) electrons. The van der Waals surface area contributed by atoms with Gasteiger partial charge in [0, 0.05) is 24.0 Å². The molecule has 3 nitrogen and oxygen atoms in total. The molecule has 0 saturated heterocycles. The molecule has 0 spiro atoms. The van der Waals surface area contributed by atoms with Gasteiger partial charge in [0.1, 0.15) is 17.2 Å². The van der Waals surface area contributed by atoms with E-state index in [1.54, 1.807) is 6.07 Å². The van der Waals surface area contributed by atoms with Crippen molar-refractivity contribution in [1.29, 1.82) is 0 Å². The zero-order valence-corrected chi connectivity index (χ0v) is 10.1. The van der Waals surface area contributed by atoms with Crippen molar-refractivity contribution in [3.63, 3.8) is 0 Å². The number of aliphatic hydroxyl groups is 1. The van der Waals surface area contributed by atoms with Gasteiger partial charge in [-0.05, 0) is 37.1 Å². The number of furan rings is 1. The van der Waals surface area contributed by atoms with Gasteiger partial charge in [-0.15, -0.1) is 0 Å². The van der Waals surface area contributed by atoms with Gasteiger partial charge >= 0.3 is 0 Å². The Labute approximate surface area is 105 Å². The molecule has 1 heterocycles. The summed E-state index contributed by atoms with van der Waals surface area (Å²) in [6.07, 6.45) is 2.17. The van der Waals surface area contributed by atoms with Crippen LogP contribution in [-0.2, 0) is 6.54 Å². The molecule has 3 rings (SSSR count). The molecule has 96 valence electrons. The second-order valence-corrected chi connectivity index (χ2v) is 5.16. The van der Waals surface area contributed by atoms with Crippen LogP contribution in [0.15, 0.2) is 28.7 Å². The fourth-order valence-corrected chi connectivity index (χ4v) is 2.17. The molecule has 1 saturated carbocycles. The maximum absolute atomic E-state index is 13.0. The minimum absolute atomic E-state index is 0.0954. The fraction of sp³-hybridized carbons (Fsp3) is 0.429. The molecule has 0 bridgehead atoms. The van der Waals surface area contributed by atoms with Crippen molar-refractivity contribution in [2.75, 3.05) is 13.2 Å². The number of benzene rings is 1. The summed E-state index contributed by atoms with van der Waals surface area (Å²) in [7, 11) is 0. The summed E-state index contributed by atoms with van der Waals surface area (Å²) < 4.78 is 18.6. The van der Waals surface area contributed by atoms with E-state index in [9.17, 15) is 9.50 Å². The van der Waals surface area contributed by atoms with Gasteiger partial charge in [0.05, 0.1) is 6.54 Å². The Morgan fingerprint density at radius 1 is 1.33 bits per heavy atom. The molecule has 4 heteroatoms. The highest BCUT2D eigenvalue weighted by Gasteiger charge is 2.41. The molecule has 0 amide bonds. The van der Waals surface area contributed by atoms with Crippen molar-refractivity contribution < 1.29 is 13.9 Å². The lowest BCUT2D eigenvalue weighted by molar-refractivity contribution is 0.207. The van der Waals surface area contributed by atoms with Gasteiger partial charge in [0.25, 0.3) is 0 Å². The minimum Gasteiger partial charge on any atom is -0.460 e. The molecule has 18 heavy (non-hydrogen) atoms. The first-order valence-corrected chi connectivity index (χ1v) is 6.20. The summed E-state index contributed by atoms with van der Waals surface area (Å²) in [6, 6.07) is 6.36. The molecule has 0 atom stereocenters. The number of aliphatic hydroxyl groups excluding tert-OH is 1. The van der Waals surface area contributed by atoms with Crippen molar-refractivity contribution in [2.24, 2.45) is 5.41 Å². The first kappa shape index (κ1) is 11.7. The van der Waals surface area contributed by atoms with E-state index >= 15 is 0 Å². The molecule has 1 aromatic carbocycles. The van der Waals surface area contributed by atoms with E-state index < -0.39 is 0 Å². The Hall–Kier alpha value is -1.39. The van der Waals surface area contributed by atoms with Crippen molar-refractivity contribution in [1.82, 2.24) is 5.32 Å². The molecular formula is C14H16FNO2. The number of hydrogen-bond donors (Lipinski definition) is 2. The Morgan fingerprint density at radius 3 is 2.89 bits per heavy atom. The average molecular weight is 249 g/mol. The van der Waals surface area contributed by atoms with E-state index in [2.05, 4.69) is 5.32 Å². The van der Waals surface area contributed by atoms with Crippen LogP contribution in [0.4, 0.5) is 4.39 Å². The fourth-order valence-electron chi connectivity index (χ4n) is 2.17. The zero-order chi connectivity index (χ0) is 12.6. The molecule has 1 aromatic heterocycles. The summed E-state index contributed by atoms with van der Waals surface area (Å²) in [5.41, 5.74) is 0.800. The second-order valence-electron chi connectivity index (χ2n) is 5.16. The second kappa shape index (κ2) is 4.37. The van der Waals surface area contributed by atoms with Gasteiger partial charge in [-0.1, -0.05) is 0 Å². The van der Waals surface area contributed by atoms with Crippen molar-refractivity contribution >= 4 is 11.0 Å². The van der Waals surface area contributed by atoms with Gasteiger partial charge in [0.2, 0.25) is 0 Å². The number of fused-ring (bicyclic) bond motifs is 1. The number of halogens is 1. The van der Waals surface area contributed by atoms with Crippen LogP contribution in [0.2, 0.25) is 0 Å². The average Bonchev–Trinajstić information content (AvgIpc) is 3.02. The Bertz CT molecular complexity index is 560. The third-order valence-corrected chi connectivity index (χ3v) is 3.62. The Morgan fingerprint density at radius 2 is 2.17 bits per heavy atom. The predicted molar refractivity (Wildman–Crippen MR) is 66.6 cm³/mol. The van der Waals surface area contributed by atoms with Crippen LogP contribution < -0.4 is 5.32 Å². The largest absolute Gasteiger partial charge is 0.460 e. The quantitative estimate of drug-likeness (QED) is 0.855. The number of nitrogens with one attached hydrogen (secondary N) is 1. The highest BCUT2D eigenvalue weighted by Crippen LogP contribution is 2.44. The highest BCUT2D eigenvalue weighted by molar-refractivity contribution is 5.77. The molecule has 1 aliphatic carbocycles. The number of hydrogen-bond acceptors (Lipinski definition) is 3. The third kappa shape index (κ3) is 2.26. The van der Waals surface area contributed by atoms with Crippen molar-refractivity contribution in [3.8, 4) is 0 Å². The van der Waals surface area contributed by atoms with Gasteiger partial charge < -0.3 is 14.8 Å². The van der Waals surface area contributed by atoms with Crippen molar-refractivity contribution in [3.05, 3.63) is 35.8 Å². The first-order chi connectivity index (χ1) is 8.71. The lowest BCUT2D eigenvalue weighted by atomic mass is 10.1. The molecule has 2 aromatic rings. The minimum atomic E-state index is -0.250. The summed E-state index contributed by atoms with van der Waals surface area (Å²) in [5, 5.41) is 13.3. The van der Waals surface area contributed by atoms with E-state index in [1.807, 2.05) is 6.07 Å². The summed E-state index contributed by atoms with van der Waals surface area (Å²) in [5.74, 6) is 0.546. The van der Waals surface area contributed by atoms with E-state index in [0.29, 0.717) is 12.1 Å². The van der Waals surface area contributed by atoms with E-state index in [-0.39, 0.29) is 17.8 Å². The van der Waals surface area contributed by atoms with Crippen LogP contribution >= 0.6 is 0 Å². The predicted octanol–water partition coefficient (Wildman–Crippen LogP) is 2.43. The molecule has 1 aliphatic rings. The maximum Gasteiger partial charge on any atom is 0.134 e. The summed E-state index contributed by atoms with van der Waals surface area (Å²) >= 11 is 0. The topological polar surface area (TPSA) is 45.4 Å². The van der Waals surface area contributed by atoms with Gasteiger partial charge in [-0.3, -0.25) is 0 Å². The summed E-state index contributed by atoms with van der Waals surface area (Å²) in [6.45, 7) is 1.65. The number of rotatable bonds is 5. The Balaban J connectivity index is 1.64. The molecule has 1 fully saturated rings. The summed E-state index contributed by atoms with van der Waals surface area (Å²) in [4.78, 5) is 0. The SMILES string of the molecule is OCC1(CNCc2cc3cc(F)ccc3o2)CC1. The molecule has 0 aliphatic heterocycles. The molecule has 0 unspecified atom stereocenters. The standard InChI is InChI=1S/C14H16FNO2/c15-11-1-2-13-10(5-11)6-12(18-13)7-16-8-14(9-17)3-4-14/h1-2,5-6,16-17H,3-4,7-9H2. The smallest absolute Gasteiger partial charge is 0.134 e. The Kier molecular flexibility index (Phi) is 2.84. The van der Waals surface area contributed by atoms with E-state index in [4.69, 9.17) is 4.42 Å². The van der Waals surface area contributed by atoms with Crippen LogP contribution in [0, 0.1) is 11.2 Å². The van der Waals surface area contributed by atoms with Crippen LogP contribution in [0.5, 0.6) is 0 Å². The van der Waals surface area contributed by atoms with Crippen molar-refractivity contribution in [2.45, 2.75) is 19.4 Å². The van der Waals surface area contributed by atoms with E-state index in [1.165, 1.54) is 12.1 Å². The van der Waals surface area contributed by atoms with Crippen LogP contribution in [0.25, 0.3) is 11.0 Å². The lowest BCUT2D eigenvalue weighted by Gasteiger charge is -2.11. The zero-order valence-electron chi connectivity index (χ0n) is 10.1. The van der Waals surface area contributed by atoms with Gasteiger partial charge in [-0.25, -0.2) is 4.39 Å². The monoisotopic (exact) mass is 249 g/mol. The van der Waals surface area contributed by atoms with E-state index in [0.717, 1.165) is 30.5 Å². The highest BCUT2D eigenvalue weighted by atomic mass is 19.1. The van der Waals surface area contributed by atoms with Crippen LogP contribution in [0.1, 0.15) is 18.6 Å². The first-order valence-electron chi connectivity index (χ1n) is 6.20. The normalized spacial score (nSPS) is 17.2. The molecule has 2 N–H and O–H groups in total. The lowest BCUT2D eigenvalue weighted by Crippen LogP contribution is -2.25. The third-order valence-electron chi connectivity index (χ3n) is 3.62. The molecular weight excluding hydrogens is 233 g/mol. The van der Waals surface area contributed by atoms with Gasteiger partial charge in [0.15, 0.2) is 0 Å². The maximum atomic E-state index is 13.0. The van der Waals surface area contributed by atoms with Crippen LogP contribution in [-0.4, -0.2) is 18.3 Å². The van der Waals surface area contributed by atoms with Crippen LogP contribution in [0.3, 0.4) is 0 Å².